The fourth-order valence-corrected chi connectivity index (χ4v) is 2.39. The van der Waals surface area contributed by atoms with E-state index in [0.29, 0.717) is 12.1 Å². The number of benzene rings is 1. The zero-order chi connectivity index (χ0) is 15.3. The van der Waals surface area contributed by atoms with Crippen LogP contribution in [0.4, 0.5) is 13.2 Å². The second kappa shape index (κ2) is 4.77. The van der Waals surface area contributed by atoms with E-state index in [1.807, 2.05) is 0 Å². The number of carboxylic acids is 1. The van der Waals surface area contributed by atoms with Crippen LogP contribution in [0, 0.1) is 17.5 Å². The summed E-state index contributed by atoms with van der Waals surface area (Å²) >= 11 is 5.93. The van der Waals surface area contributed by atoms with Gasteiger partial charge in [0.05, 0.1) is 5.69 Å². The maximum absolute atomic E-state index is 13.8. The average Bonchev–Trinajstić information content (AvgIpc) is 3.18. The minimum absolute atomic E-state index is 0.0526. The summed E-state index contributed by atoms with van der Waals surface area (Å²) in [4.78, 5) is 11.3. The fourth-order valence-electron chi connectivity index (χ4n) is 2.09. The number of hydrogen-bond donors (Lipinski definition) is 1. The van der Waals surface area contributed by atoms with Gasteiger partial charge in [-0.15, -0.1) is 0 Å². The number of halogens is 4. The lowest BCUT2D eigenvalue weighted by atomic mass is 10.2. The first-order chi connectivity index (χ1) is 9.90. The Bertz CT molecular complexity index is 756. The summed E-state index contributed by atoms with van der Waals surface area (Å²) in [5.41, 5.74) is -0.437. The Kier molecular flexibility index (Phi) is 3.16. The molecule has 0 atom stereocenters. The van der Waals surface area contributed by atoms with Gasteiger partial charge in [-0.25, -0.2) is 22.6 Å². The largest absolute Gasteiger partial charge is 0.478 e. The van der Waals surface area contributed by atoms with E-state index in [0.717, 1.165) is 17.5 Å². The highest BCUT2D eigenvalue weighted by molar-refractivity contribution is 6.33. The molecule has 1 fully saturated rings. The Balaban J connectivity index is 2.22. The van der Waals surface area contributed by atoms with Crippen molar-refractivity contribution in [2.45, 2.75) is 18.8 Å². The van der Waals surface area contributed by atoms with E-state index >= 15 is 0 Å². The van der Waals surface area contributed by atoms with Gasteiger partial charge in [-0.05, 0) is 12.8 Å². The van der Waals surface area contributed by atoms with Gasteiger partial charge in [-0.2, -0.15) is 5.10 Å². The van der Waals surface area contributed by atoms with Crippen LogP contribution in [0.2, 0.25) is 5.15 Å². The van der Waals surface area contributed by atoms with E-state index < -0.39 is 29.1 Å². The third kappa shape index (κ3) is 2.27. The van der Waals surface area contributed by atoms with Gasteiger partial charge in [-0.3, -0.25) is 0 Å². The third-order valence-corrected chi connectivity index (χ3v) is 3.60. The Morgan fingerprint density at radius 2 is 1.86 bits per heavy atom. The lowest BCUT2D eigenvalue weighted by Crippen LogP contribution is -2.03. The number of aromatic nitrogens is 2. The molecule has 21 heavy (non-hydrogen) atoms. The summed E-state index contributed by atoms with van der Waals surface area (Å²) < 4.78 is 40.8. The van der Waals surface area contributed by atoms with E-state index in [1.54, 1.807) is 0 Å². The van der Waals surface area contributed by atoms with Crippen LogP contribution >= 0.6 is 11.6 Å². The van der Waals surface area contributed by atoms with E-state index in [-0.39, 0.29) is 22.3 Å². The van der Waals surface area contributed by atoms with Crippen LogP contribution in [0.5, 0.6) is 0 Å². The van der Waals surface area contributed by atoms with Crippen molar-refractivity contribution >= 4 is 17.6 Å². The van der Waals surface area contributed by atoms with Crippen molar-refractivity contribution in [3.63, 3.8) is 0 Å². The summed E-state index contributed by atoms with van der Waals surface area (Å²) in [7, 11) is 0. The molecular weight excluding hydrogens is 309 g/mol. The van der Waals surface area contributed by atoms with Crippen LogP contribution in [0.3, 0.4) is 0 Å². The van der Waals surface area contributed by atoms with Crippen molar-refractivity contribution in [3.8, 4) is 5.69 Å². The quantitative estimate of drug-likeness (QED) is 0.882. The second-order valence-electron chi connectivity index (χ2n) is 4.76. The Labute approximate surface area is 121 Å². The van der Waals surface area contributed by atoms with Crippen LogP contribution in [0.25, 0.3) is 5.69 Å². The predicted octanol–water partition coefficient (Wildman–Crippen LogP) is 3.52. The number of hydrogen-bond acceptors (Lipinski definition) is 2. The molecule has 8 heteroatoms. The summed E-state index contributed by atoms with van der Waals surface area (Å²) in [6.45, 7) is 0. The molecule has 1 N–H and O–H groups in total. The molecule has 0 saturated heterocycles. The first-order valence-electron chi connectivity index (χ1n) is 6.06. The van der Waals surface area contributed by atoms with E-state index in [1.165, 1.54) is 0 Å². The number of carboxylic acid groups (broad SMARTS) is 1. The van der Waals surface area contributed by atoms with Crippen molar-refractivity contribution in [1.82, 2.24) is 9.78 Å². The number of rotatable bonds is 3. The van der Waals surface area contributed by atoms with Crippen molar-refractivity contribution in [2.24, 2.45) is 0 Å². The SMILES string of the molecule is O=C(O)c1c(C2CC2)nn(-c2cc(F)c(F)cc2F)c1Cl. The van der Waals surface area contributed by atoms with E-state index in [9.17, 15) is 23.1 Å². The van der Waals surface area contributed by atoms with Crippen molar-refractivity contribution in [2.75, 3.05) is 0 Å². The van der Waals surface area contributed by atoms with Gasteiger partial charge in [0.15, 0.2) is 17.5 Å². The molecule has 0 unspecified atom stereocenters. The minimum Gasteiger partial charge on any atom is -0.478 e. The van der Waals surface area contributed by atoms with Gasteiger partial charge in [0.2, 0.25) is 0 Å². The molecule has 1 aliphatic rings. The number of carbonyl (C=O) groups is 1. The molecule has 2 aromatic rings. The molecule has 1 aromatic heterocycles. The lowest BCUT2D eigenvalue weighted by molar-refractivity contribution is 0.0696. The molecule has 0 radical (unpaired) electrons. The van der Waals surface area contributed by atoms with Gasteiger partial charge in [0, 0.05) is 18.1 Å². The monoisotopic (exact) mass is 316 g/mol. The summed E-state index contributed by atoms with van der Waals surface area (Å²) in [5, 5.41) is 12.8. The highest BCUT2D eigenvalue weighted by Crippen LogP contribution is 2.43. The summed E-state index contributed by atoms with van der Waals surface area (Å²) in [6.07, 6.45) is 1.52. The van der Waals surface area contributed by atoms with Crippen molar-refractivity contribution in [1.29, 1.82) is 0 Å². The zero-order valence-corrected chi connectivity index (χ0v) is 11.2. The molecule has 3 rings (SSSR count). The topological polar surface area (TPSA) is 55.1 Å². The third-order valence-electron chi connectivity index (χ3n) is 3.25. The van der Waals surface area contributed by atoms with Crippen LogP contribution in [-0.4, -0.2) is 20.9 Å². The summed E-state index contributed by atoms with van der Waals surface area (Å²) in [6, 6.07) is 0.950. The van der Waals surface area contributed by atoms with Crippen LogP contribution in [0.15, 0.2) is 12.1 Å². The smallest absolute Gasteiger partial charge is 0.340 e. The molecule has 4 nitrogen and oxygen atoms in total. The van der Waals surface area contributed by atoms with Crippen LogP contribution in [-0.2, 0) is 0 Å². The molecule has 110 valence electrons. The highest BCUT2D eigenvalue weighted by Gasteiger charge is 2.35. The Morgan fingerprint density at radius 1 is 1.24 bits per heavy atom. The van der Waals surface area contributed by atoms with E-state index in [4.69, 9.17) is 11.6 Å². The maximum Gasteiger partial charge on any atom is 0.340 e. The minimum atomic E-state index is -1.35. The Morgan fingerprint density at radius 3 is 2.43 bits per heavy atom. The molecule has 0 aliphatic heterocycles. The fraction of sp³-hybridized carbons (Fsp3) is 0.231. The molecule has 0 amide bonds. The van der Waals surface area contributed by atoms with Crippen molar-refractivity contribution < 1.29 is 23.1 Å². The van der Waals surface area contributed by atoms with Gasteiger partial charge in [0.25, 0.3) is 0 Å². The van der Waals surface area contributed by atoms with Crippen molar-refractivity contribution in [3.05, 3.63) is 46.0 Å². The average molecular weight is 317 g/mol. The second-order valence-corrected chi connectivity index (χ2v) is 5.12. The Hall–Kier alpha value is -2.02. The van der Waals surface area contributed by atoms with Gasteiger partial charge in [0.1, 0.15) is 16.4 Å². The van der Waals surface area contributed by atoms with E-state index in [2.05, 4.69) is 5.10 Å². The summed E-state index contributed by atoms with van der Waals surface area (Å²) in [5.74, 6) is -5.06. The molecule has 1 saturated carbocycles. The molecule has 0 spiro atoms. The zero-order valence-electron chi connectivity index (χ0n) is 10.4. The van der Waals surface area contributed by atoms with Gasteiger partial charge in [-0.1, -0.05) is 11.6 Å². The maximum atomic E-state index is 13.8. The molecule has 0 bridgehead atoms. The van der Waals surface area contributed by atoms with Crippen LogP contribution in [0.1, 0.15) is 34.8 Å². The predicted molar refractivity (Wildman–Crippen MR) is 67.4 cm³/mol. The molecule has 1 aliphatic carbocycles. The lowest BCUT2D eigenvalue weighted by Gasteiger charge is -2.05. The first-order valence-corrected chi connectivity index (χ1v) is 6.44. The normalized spacial score (nSPS) is 14.5. The number of aromatic carboxylic acids is 1. The highest BCUT2D eigenvalue weighted by atomic mass is 35.5. The van der Waals surface area contributed by atoms with Gasteiger partial charge < -0.3 is 5.11 Å². The first kappa shape index (κ1) is 13.9. The molecule has 1 aromatic carbocycles. The number of nitrogens with zero attached hydrogens (tertiary/aromatic N) is 2. The molecule has 1 heterocycles. The van der Waals surface area contributed by atoms with Gasteiger partial charge >= 0.3 is 5.97 Å². The van der Waals surface area contributed by atoms with Crippen LogP contribution < -0.4 is 0 Å². The standard InChI is InChI=1S/C13H8ClF3N2O2/c14-12-10(13(20)21)11(5-1-2-5)18-19(12)9-4-7(16)6(15)3-8(9)17/h3-5H,1-2H2,(H,20,21). The molecular formula is C13H8ClF3N2O2.